The number of nitrogens with one attached hydrogen (secondary N) is 2. The second-order valence-corrected chi connectivity index (χ2v) is 9.03. The molecule has 0 atom stereocenters. The van der Waals surface area contributed by atoms with Crippen molar-refractivity contribution in [3.63, 3.8) is 0 Å². The Morgan fingerprint density at radius 2 is 1.86 bits per heavy atom. The highest BCUT2D eigenvalue weighted by molar-refractivity contribution is 7.89. The molecule has 0 aliphatic heterocycles. The van der Waals surface area contributed by atoms with Crippen molar-refractivity contribution in [2.45, 2.75) is 77.4 Å². The van der Waals surface area contributed by atoms with E-state index in [1.807, 2.05) is 27.7 Å². The van der Waals surface area contributed by atoms with Crippen molar-refractivity contribution < 1.29 is 8.42 Å². The van der Waals surface area contributed by atoms with Gasteiger partial charge < -0.3 is 5.32 Å². The first kappa shape index (κ1) is 18.6. The van der Waals surface area contributed by atoms with Gasteiger partial charge in [-0.05, 0) is 32.8 Å². The first-order valence-corrected chi connectivity index (χ1v) is 9.80. The summed E-state index contributed by atoms with van der Waals surface area (Å²) in [7, 11) is -3.46. The van der Waals surface area contributed by atoms with Crippen LogP contribution in [0, 0.1) is 6.92 Å². The Bertz CT molecular complexity index is 558. The van der Waals surface area contributed by atoms with Crippen LogP contribution in [0.15, 0.2) is 11.0 Å². The second kappa shape index (κ2) is 7.22. The summed E-state index contributed by atoms with van der Waals surface area (Å²) >= 11 is 1.54. The van der Waals surface area contributed by atoms with E-state index in [2.05, 4.69) is 23.9 Å². The topological polar surface area (TPSA) is 58.2 Å². The lowest BCUT2D eigenvalue weighted by atomic mass is 9.98. The molecule has 4 nitrogen and oxygen atoms in total. The molecular formula is C15H28N2O2S2. The van der Waals surface area contributed by atoms with Crippen molar-refractivity contribution in [1.29, 1.82) is 0 Å². The van der Waals surface area contributed by atoms with Crippen molar-refractivity contribution in [3.8, 4) is 0 Å². The van der Waals surface area contributed by atoms with Crippen molar-refractivity contribution in [2.75, 3.05) is 0 Å². The van der Waals surface area contributed by atoms with E-state index in [0.717, 1.165) is 22.6 Å². The summed E-state index contributed by atoms with van der Waals surface area (Å²) in [6.45, 7) is 12.7. The van der Waals surface area contributed by atoms with Gasteiger partial charge in [-0.2, -0.15) is 0 Å². The summed E-state index contributed by atoms with van der Waals surface area (Å²) in [5.41, 5.74) is -0.385. The lowest BCUT2D eigenvalue weighted by molar-refractivity contribution is 0.388. The Hall–Kier alpha value is -0.430. The second-order valence-electron chi connectivity index (χ2n) is 6.04. The fraction of sp³-hybridized carbons (Fsp3) is 0.733. The standard InChI is InChI=1S/C15H28N2O2S2/c1-7-15(6,8-2)17-21(18,19)14-9-13(20-12(14)5)10-16-11(3)4/h9,11,16-17H,7-8,10H2,1-6H3. The highest BCUT2D eigenvalue weighted by Crippen LogP contribution is 2.27. The van der Waals surface area contributed by atoms with Crippen LogP contribution in [0.1, 0.15) is 57.2 Å². The first-order valence-electron chi connectivity index (χ1n) is 7.50. The molecule has 21 heavy (non-hydrogen) atoms. The number of thiophene rings is 1. The molecule has 1 aromatic heterocycles. The van der Waals surface area contributed by atoms with Crippen LogP contribution in [0.5, 0.6) is 0 Å². The molecule has 1 aromatic rings. The Morgan fingerprint density at radius 3 is 2.33 bits per heavy atom. The van der Waals surface area contributed by atoms with Gasteiger partial charge >= 0.3 is 0 Å². The van der Waals surface area contributed by atoms with Gasteiger partial charge in [0.2, 0.25) is 10.0 Å². The quantitative estimate of drug-likeness (QED) is 0.767. The third kappa shape index (κ3) is 5.06. The molecule has 0 aromatic carbocycles. The number of hydrogen-bond acceptors (Lipinski definition) is 4. The molecule has 0 unspecified atom stereocenters. The van der Waals surface area contributed by atoms with Crippen LogP contribution in [0.3, 0.4) is 0 Å². The van der Waals surface area contributed by atoms with Crippen LogP contribution in [0.2, 0.25) is 0 Å². The molecule has 0 radical (unpaired) electrons. The Balaban J connectivity index is 2.98. The van der Waals surface area contributed by atoms with E-state index in [1.54, 1.807) is 17.4 Å². The van der Waals surface area contributed by atoms with Crippen LogP contribution in [0.4, 0.5) is 0 Å². The van der Waals surface area contributed by atoms with Crippen molar-refractivity contribution >= 4 is 21.4 Å². The third-order valence-electron chi connectivity index (χ3n) is 3.84. The fourth-order valence-electron chi connectivity index (χ4n) is 1.96. The average Bonchev–Trinajstić information content (AvgIpc) is 2.78. The maximum absolute atomic E-state index is 12.6. The zero-order valence-electron chi connectivity index (χ0n) is 13.9. The summed E-state index contributed by atoms with van der Waals surface area (Å²) in [6.07, 6.45) is 1.54. The molecule has 0 saturated carbocycles. The summed E-state index contributed by atoms with van der Waals surface area (Å²) in [4.78, 5) is 2.31. The number of sulfonamides is 1. The highest BCUT2D eigenvalue weighted by Gasteiger charge is 2.29. The molecule has 0 aliphatic rings. The average molecular weight is 333 g/mol. The lowest BCUT2D eigenvalue weighted by Crippen LogP contribution is -2.44. The smallest absolute Gasteiger partial charge is 0.242 e. The van der Waals surface area contributed by atoms with Gasteiger partial charge in [0, 0.05) is 27.9 Å². The number of aryl methyl sites for hydroxylation is 1. The molecule has 0 saturated heterocycles. The third-order valence-corrected chi connectivity index (χ3v) is 6.78. The fourth-order valence-corrected chi connectivity index (χ4v) is 5.09. The first-order chi connectivity index (χ1) is 9.63. The van der Waals surface area contributed by atoms with Crippen molar-refractivity contribution in [2.24, 2.45) is 0 Å². The lowest BCUT2D eigenvalue weighted by Gasteiger charge is -2.27. The minimum Gasteiger partial charge on any atom is -0.310 e. The summed E-state index contributed by atoms with van der Waals surface area (Å²) in [5, 5.41) is 3.32. The molecule has 0 spiro atoms. The Labute approximate surface area is 133 Å². The van der Waals surface area contributed by atoms with E-state index in [1.165, 1.54) is 0 Å². The predicted molar refractivity (Wildman–Crippen MR) is 90.3 cm³/mol. The van der Waals surface area contributed by atoms with Crippen LogP contribution >= 0.6 is 11.3 Å². The van der Waals surface area contributed by atoms with E-state index >= 15 is 0 Å². The Morgan fingerprint density at radius 1 is 1.29 bits per heavy atom. The minimum absolute atomic E-state index is 0.383. The molecule has 0 fully saturated rings. The van der Waals surface area contributed by atoms with Crippen molar-refractivity contribution in [3.05, 3.63) is 15.8 Å². The van der Waals surface area contributed by atoms with E-state index in [4.69, 9.17) is 0 Å². The van der Waals surface area contributed by atoms with Crippen LogP contribution < -0.4 is 10.0 Å². The highest BCUT2D eigenvalue weighted by atomic mass is 32.2. The molecule has 1 rings (SSSR count). The minimum atomic E-state index is -3.46. The van der Waals surface area contributed by atoms with E-state index < -0.39 is 10.0 Å². The Kier molecular flexibility index (Phi) is 6.40. The predicted octanol–water partition coefficient (Wildman–Crippen LogP) is 3.41. The normalized spacial score (nSPS) is 13.1. The molecule has 6 heteroatoms. The van der Waals surface area contributed by atoms with Crippen LogP contribution in [-0.4, -0.2) is 20.0 Å². The molecular weight excluding hydrogens is 304 g/mol. The zero-order valence-corrected chi connectivity index (χ0v) is 15.5. The van der Waals surface area contributed by atoms with E-state index in [9.17, 15) is 8.42 Å². The molecule has 0 aliphatic carbocycles. The number of hydrogen-bond donors (Lipinski definition) is 2. The van der Waals surface area contributed by atoms with Crippen LogP contribution in [-0.2, 0) is 16.6 Å². The monoisotopic (exact) mass is 332 g/mol. The largest absolute Gasteiger partial charge is 0.310 e. The van der Waals surface area contributed by atoms with Crippen LogP contribution in [0.25, 0.3) is 0 Å². The maximum Gasteiger partial charge on any atom is 0.242 e. The van der Waals surface area contributed by atoms with Gasteiger partial charge in [-0.25, -0.2) is 13.1 Å². The van der Waals surface area contributed by atoms with Gasteiger partial charge in [-0.15, -0.1) is 11.3 Å². The summed E-state index contributed by atoms with van der Waals surface area (Å²) in [6, 6.07) is 2.18. The molecule has 2 N–H and O–H groups in total. The van der Waals surface area contributed by atoms with Gasteiger partial charge in [0.1, 0.15) is 0 Å². The molecule has 1 heterocycles. The van der Waals surface area contributed by atoms with Gasteiger partial charge in [0.05, 0.1) is 4.90 Å². The van der Waals surface area contributed by atoms with Gasteiger partial charge in [-0.1, -0.05) is 27.7 Å². The van der Waals surface area contributed by atoms with E-state index in [0.29, 0.717) is 17.5 Å². The SMILES string of the molecule is CCC(C)(CC)NS(=O)(=O)c1cc(CNC(C)C)sc1C. The maximum atomic E-state index is 12.6. The molecule has 0 amide bonds. The molecule has 0 bridgehead atoms. The summed E-state index contributed by atoms with van der Waals surface area (Å²) < 4.78 is 28.1. The van der Waals surface area contributed by atoms with Gasteiger partial charge in [-0.3, -0.25) is 0 Å². The van der Waals surface area contributed by atoms with E-state index in [-0.39, 0.29) is 5.54 Å². The molecule has 122 valence electrons. The summed E-state index contributed by atoms with van der Waals surface area (Å²) in [5.74, 6) is 0. The zero-order chi connectivity index (χ0) is 16.3. The van der Waals surface area contributed by atoms with Gasteiger partial charge in [0.15, 0.2) is 0 Å². The van der Waals surface area contributed by atoms with Crippen molar-refractivity contribution in [1.82, 2.24) is 10.0 Å². The van der Waals surface area contributed by atoms with Gasteiger partial charge in [0.25, 0.3) is 0 Å². The number of rotatable bonds is 8.